The minimum absolute atomic E-state index is 0.608. The van der Waals surface area contributed by atoms with Gasteiger partial charge in [-0.2, -0.15) is 0 Å². The molecule has 3 aromatic rings. The van der Waals surface area contributed by atoms with E-state index in [1.165, 1.54) is 0 Å². The zero-order valence-corrected chi connectivity index (χ0v) is 16.9. The molecule has 138 valence electrons. The van der Waals surface area contributed by atoms with Crippen LogP contribution in [0.15, 0.2) is 72.8 Å². The van der Waals surface area contributed by atoms with Crippen LogP contribution in [-0.2, 0) is 9.22 Å². The summed E-state index contributed by atoms with van der Waals surface area (Å²) in [5.74, 6) is -0.608. The second kappa shape index (κ2) is 7.90. The van der Waals surface area contributed by atoms with Crippen molar-refractivity contribution in [2.24, 2.45) is 0 Å². The number of aliphatic hydroxyl groups is 1. The molecule has 3 rings (SSSR count). The second-order valence-electron chi connectivity index (χ2n) is 6.91. The Morgan fingerprint density at radius 2 is 1.00 bits per heavy atom. The predicted octanol–water partition coefficient (Wildman–Crippen LogP) is 2.11. The van der Waals surface area contributed by atoms with Crippen LogP contribution in [0, 0.1) is 20.8 Å². The van der Waals surface area contributed by atoms with Crippen molar-refractivity contribution >= 4 is 29.8 Å². The molecule has 27 heavy (non-hydrogen) atoms. The zero-order valence-electron chi connectivity index (χ0n) is 15.9. The maximum atomic E-state index is 12.3. The molecule has 0 radical (unpaired) electrons. The second-order valence-corrected chi connectivity index (χ2v) is 10.2. The van der Waals surface area contributed by atoms with Gasteiger partial charge in [-0.3, -0.25) is 4.79 Å². The number of hydrogen-bond acceptors (Lipinski definition) is 3. The lowest BCUT2D eigenvalue weighted by molar-refractivity contribution is -0.137. The van der Waals surface area contributed by atoms with Crippen LogP contribution in [0.3, 0.4) is 0 Å². The van der Waals surface area contributed by atoms with Gasteiger partial charge >= 0.3 is 14.3 Å². The molecule has 0 heterocycles. The van der Waals surface area contributed by atoms with E-state index >= 15 is 0 Å². The van der Waals surface area contributed by atoms with Gasteiger partial charge in [0.1, 0.15) is 6.61 Å². The van der Waals surface area contributed by atoms with Gasteiger partial charge in [0.25, 0.3) is 0 Å². The molecule has 0 saturated heterocycles. The van der Waals surface area contributed by atoms with Gasteiger partial charge in [-0.15, -0.1) is 0 Å². The van der Waals surface area contributed by atoms with Crippen LogP contribution >= 0.6 is 0 Å². The van der Waals surface area contributed by atoms with Crippen LogP contribution in [0.1, 0.15) is 16.7 Å². The maximum Gasteiger partial charge on any atom is 0.350 e. The Morgan fingerprint density at radius 1 is 0.704 bits per heavy atom. The van der Waals surface area contributed by atoms with E-state index in [4.69, 9.17) is 4.43 Å². The van der Waals surface area contributed by atoms with Crippen LogP contribution in [-0.4, -0.2) is 26.0 Å². The summed E-state index contributed by atoms with van der Waals surface area (Å²) < 4.78 is 6.12. The highest BCUT2D eigenvalue weighted by atomic mass is 28.4. The van der Waals surface area contributed by atoms with E-state index in [1.54, 1.807) is 0 Å². The number of carbonyl (C=O) groups excluding carboxylic acids is 1. The highest BCUT2D eigenvalue weighted by molar-refractivity contribution is 7.07. The summed E-state index contributed by atoms with van der Waals surface area (Å²) in [7, 11) is -3.09. The summed E-state index contributed by atoms with van der Waals surface area (Å²) in [6, 6.07) is 24.4. The Labute approximate surface area is 161 Å². The van der Waals surface area contributed by atoms with Crippen LogP contribution < -0.4 is 15.6 Å². The van der Waals surface area contributed by atoms with E-state index in [2.05, 4.69) is 0 Å². The molecule has 0 aromatic heterocycles. The van der Waals surface area contributed by atoms with Crippen LogP contribution in [0.25, 0.3) is 0 Å². The molecule has 0 aliphatic rings. The first kappa shape index (κ1) is 19.1. The van der Waals surface area contributed by atoms with Gasteiger partial charge in [-0.05, 0) is 36.3 Å². The highest BCUT2D eigenvalue weighted by Gasteiger charge is 2.45. The van der Waals surface area contributed by atoms with Crippen molar-refractivity contribution in [1.29, 1.82) is 0 Å². The first-order valence-electron chi connectivity index (χ1n) is 9.00. The summed E-state index contributed by atoms with van der Waals surface area (Å²) in [5.41, 5.74) is 3.42. The van der Waals surface area contributed by atoms with Crippen molar-refractivity contribution < 1.29 is 14.3 Å². The van der Waals surface area contributed by atoms with Gasteiger partial charge in [0.15, 0.2) is 0 Å². The van der Waals surface area contributed by atoms with Crippen molar-refractivity contribution in [3.63, 3.8) is 0 Å². The Morgan fingerprint density at radius 3 is 1.26 bits per heavy atom. The summed E-state index contributed by atoms with van der Waals surface area (Å²) in [6.07, 6.45) is 0. The topological polar surface area (TPSA) is 46.5 Å². The smallest absolute Gasteiger partial charge is 0.350 e. The molecule has 0 aliphatic heterocycles. The van der Waals surface area contributed by atoms with Crippen molar-refractivity contribution in [2.45, 2.75) is 20.8 Å². The third-order valence-electron chi connectivity index (χ3n) is 4.77. The molecule has 1 N–H and O–H groups in total. The molecule has 0 saturated carbocycles. The summed E-state index contributed by atoms with van der Waals surface area (Å²) in [5, 5.41) is 12.3. The van der Waals surface area contributed by atoms with E-state index in [0.717, 1.165) is 32.3 Å². The molecular weight excluding hydrogens is 352 g/mol. The Bertz CT molecular complexity index is 802. The van der Waals surface area contributed by atoms with E-state index in [0.29, 0.717) is 0 Å². The third-order valence-corrected chi connectivity index (χ3v) is 8.74. The first-order chi connectivity index (χ1) is 13.0. The monoisotopic (exact) mass is 376 g/mol. The van der Waals surface area contributed by atoms with E-state index in [-0.39, 0.29) is 0 Å². The van der Waals surface area contributed by atoms with Gasteiger partial charge < -0.3 is 9.53 Å². The number of aliphatic hydroxyl groups excluding tert-OH is 1. The van der Waals surface area contributed by atoms with Gasteiger partial charge in [-0.1, -0.05) is 89.5 Å². The predicted molar refractivity (Wildman–Crippen MR) is 111 cm³/mol. The molecular formula is C23H24O3Si. The fraction of sp³-hybridized carbons (Fsp3) is 0.174. The summed E-state index contributed by atoms with van der Waals surface area (Å²) in [4.78, 5) is 12.3. The SMILES string of the molecule is Cc1ccc([Si](OC(=O)CO)(c2ccc(C)cc2)c2ccc(C)cc2)cc1. The average molecular weight is 377 g/mol. The third kappa shape index (κ3) is 3.87. The maximum absolute atomic E-state index is 12.3. The Hall–Kier alpha value is -2.69. The minimum atomic E-state index is -3.09. The molecule has 3 nitrogen and oxygen atoms in total. The largest absolute Gasteiger partial charge is 0.504 e. The molecule has 0 unspecified atom stereocenters. The lowest BCUT2D eigenvalue weighted by atomic mass is 10.2. The Balaban J connectivity index is 2.32. The number of aryl methyl sites for hydroxylation is 3. The Kier molecular flexibility index (Phi) is 5.58. The van der Waals surface area contributed by atoms with Gasteiger partial charge in [0, 0.05) is 0 Å². The van der Waals surface area contributed by atoms with E-state index in [9.17, 15) is 9.90 Å². The standard InChI is InChI=1S/C23H24O3Si/c1-17-4-10-20(11-5-17)27(26-23(25)16-24,21-12-6-18(2)7-13-21)22-14-8-19(3)9-15-22/h4-15,24H,16H2,1-3H3. The normalized spacial score (nSPS) is 11.3. The van der Waals surface area contributed by atoms with Crippen molar-refractivity contribution in [2.75, 3.05) is 6.61 Å². The van der Waals surface area contributed by atoms with Crippen molar-refractivity contribution in [3.05, 3.63) is 89.5 Å². The molecule has 4 heteroatoms. The molecule has 0 atom stereocenters. The quantitative estimate of drug-likeness (QED) is 0.548. The number of hydrogen-bond donors (Lipinski definition) is 1. The average Bonchev–Trinajstić information content (AvgIpc) is 2.68. The highest BCUT2D eigenvalue weighted by Crippen LogP contribution is 2.12. The van der Waals surface area contributed by atoms with E-state index in [1.807, 2.05) is 93.6 Å². The number of rotatable bonds is 5. The first-order valence-corrected chi connectivity index (χ1v) is 10.9. The molecule has 0 aliphatic carbocycles. The van der Waals surface area contributed by atoms with Gasteiger partial charge in [0.2, 0.25) is 0 Å². The zero-order chi connectivity index (χ0) is 19.4. The minimum Gasteiger partial charge on any atom is -0.504 e. The van der Waals surface area contributed by atoms with Crippen molar-refractivity contribution in [3.8, 4) is 0 Å². The molecule has 0 spiro atoms. The van der Waals surface area contributed by atoms with Crippen LogP contribution in [0.2, 0.25) is 0 Å². The molecule has 0 fully saturated rings. The van der Waals surface area contributed by atoms with Gasteiger partial charge in [-0.25, -0.2) is 0 Å². The fourth-order valence-corrected chi connectivity index (χ4v) is 6.91. The fourth-order valence-electron chi connectivity index (χ4n) is 3.24. The van der Waals surface area contributed by atoms with Crippen molar-refractivity contribution in [1.82, 2.24) is 0 Å². The number of benzene rings is 3. The van der Waals surface area contributed by atoms with E-state index < -0.39 is 20.9 Å². The lowest BCUT2D eigenvalue weighted by Gasteiger charge is -2.32. The summed E-state index contributed by atoms with van der Waals surface area (Å²) >= 11 is 0. The van der Waals surface area contributed by atoms with Crippen LogP contribution in [0.4, 0.5) is 0 Å². The number of carbonyl (C=O) groups is 1. The molecule has 3 aromatic carbocycles. The molecule has 0 amide bonds. The lowest BCUT2D eigenvalue weighted by Crippen LogP contribution is -2.70. The van der Waals surface area contributed by atoms with Crippen LogP contribution in [0.5, 0.6) is 0 Å². The summed E-state index contributed by atoms with van der Waals surface area (Å²) in [6.45, 7) is 5.46. The molecule has 0 bridgehead atoms. The van der Waals surface area contributed by atoms with Gasteiger partial charge in [0.05, 0.1) is 0 Å².